The van der Waals surface area contributed by atoms with Crippen LogP contribution >= 0.6 is 0 Å². The molecule has 0 fully saturated rings. The molecule has 90 valence electrons. The number of esters is 1. The SMILES string of the molecule is [N-]=[N+]=C(C(=O)OCc1ccco1)c1ccccc1. The van der Waals surface area contributed by atoms with E-state index in [0.717, 1.165) is 0 Å². The Bertz CT molecular complexity index is 570. The topological polar surface area (TPSA) is 75.8 Å². The zero-order valence-corrected chi connectivity index (χ0v) is 9.45. The molecule has 1 aromatic carbocycles. The molecule has 0 unspecified atom stereocenters. The summed E-state index contributed by atoms with van der Waals surface area (Å²) in [5.74, 6) is -0.186. The van der Waals surface area contributed by atoms with Crippen molar-refractivity contribution >= 4 is 11.7 Å². The molecule has 1 heterocycles. The molecule has 0 radical (unpaired) electrons. The molecule has 18 heavy (non-hydrogen) atoms. The van der Waals surface area contributed by atoms with Gasteiger partial charge in [-0.2, -0.15) is 4.79 Å². The second kappa shape index (κ2) is 5.61. The highest BCUT2D eigenvalue weighted by molar-refractivity contribution is 6.40. The minimum Gasteiger partial charge on any atom is -0.466 e. The van der Waals surface area contributed by atoms with Crippen LogP contribution in [0.4, 0.5) is 0 Å². The van der Waals surface area contributed by atoms with E-state index >= 15 is 0 Å². The van der Waals surface area contributed by atoms with Gasteiger partial charge in [0.05, 0.1) is 11.8 Å². The van der Waals surface area contributed by atoms with E-state index in [1.54, 1.807) is 42.5 Å². The third-order valence-electron chi connectivity index (χ3n) is 2.27. The minimum atomic E-state index is -0.708. The lowest BCUT2D eigenvalue weighted by molar-refractivity contribution is -0.141. The van der Waals surface area contributed by atoms with Crippen molar-refractivity contribution in [1.82, 2.24) is 0 Å². The first-order valence-corrected chi connectivity index (χ1v) is 5.28. The Balaban J connectivity index is 2.06. The fourth-order valence-electron chi connectivity index (χ4n) is 1.41. The van der Waals surface area contributed by atoms with Crippen LogP contribution in [0.25, 0.3) is 5.53 Å². The standard InChI is InChI=1S/C13H10N2O3/c14-15-12(10-5-2-1-3-6-10)13(16)18-9-11-7-4-8-17-11/h1-8H,9H2. The number of ether oxygens (including phenoxy) is 1. The molecule has 0 atom stereocenters. The number of benzene rings is 1. The Morgan fingerprint density at radius 2 is 2.00 bits per heavy atom. The monoisotopic (exact) mass is 242 g/mol. The molecular formula is C13H10N2O3. The maximum Gasteiger partial charge on any atom is 0.422 e. The van der Waals surface area contributed by atoms with E-state index in [1.165, 1.54) is 6.26 Å². The Labute approximate surface area is 103 Å². The second-order valence-corrected chi connectivity index (χ2v) is 3.47. The lowest BCUT2D eigenvalue weighted by Gasteiger charge is -1.99. The van der Waals surface area contributed by atoms with Crippen molar-refractivity contribution in [3.05, 3.63) is 65.6 Å². The summed E-state index contributed by atoms with van der Waals surface area (Å²) >= 11 is 0. The molecule has 0 N–H and O–H groups in total. The number of hydrogen-bond acceptors (Lipinski definition) is 3. The Morgan fingerprint density at radius 1 is 1.22 bits per heavy atom. The van der Waals surface area contributed by atoms with Crippen molar-refractivity contribution in [2.75, 3.05) is 0 Å². The van der Waals surface area contributed by atoms with Gasteiger partial charge in [-0.05, 0) is 24.3 Å². The van der Waals surface area contributed by atoms with E-state index in [9.17, 15) is 4.79 Å². The van der Waals surface area contributed by atoms with Crippen LogP contribution in [0, 0.1) is 0 Å². The van der Waals surface area contributed by atoms with Gasteiger partial charge >= 0.3 is 11.7 Å². The molecule has 1 aromatic heterocycles. The fourth-order valence-corrected chi connectivity index (χ4v) is 1.41. The summed E-state index contributed by atoms with van der Waals surface area (Å²) in [4.78, 5) is 14.7. The van der Waals surface area contributed by atoms with E-state index in [1.807, 2.05) is 0 Å². The predicted molar refractivity (Wildman–Crippen MR) is 62.7 cm³/mol. The van der Waals surface area contributed by atoms with Crippen molar-refractivity contribution in [3.8, 4) is 0 Å². The predicted octanol–water partition coefficient (Wildman–Crippen LogP) is 2.04. The number of furan rings is 1. The smallest absolute Gasteiger partial charge is 0.422 e. The van der Waals surface area contributed by atoms with Crippen LogP contribution in [0.5, 0.6) is 0 Å². The molecule has 0 spiro atoms. The quantitative estimate of drug-likeness (QED) is 0.356. The fraction of sp³-hybridized carbons (Fsp3) is 0.0769. The average Bonchev–Trinajstić information content (AvgIpc) is 2.92. The van der Waals surface area contributed by atoms with Gasteiger partial charge in [0.25, 0.3) is 0 Å². The van der Waals surface area contributed by atoms with Crippen LogP contribution in [0.15, 0.2) is 53.1 Å². The summed E-state index contributed by atoms with van der Waals surface area (Å²) < 4.78 is 9.99. The van der Waals surface area contributed by atoms with Gasteiger partial charge in [-0.1, -0.05) is 18.2 Å². The van der Waals surface area contributed by atoms with Crippen molar-refractivity contribution in [3.63, 3.8) is 0 Å². The lowest BCUT2D eigenvalue weighted by atomic mass is 10.1. The van der Waals surface area contributed by atoms with Gasteiger partial charge < -0.3 is 14.7 Å². The summed E-state index contributed by atoms with van der Waals surface area (Å²) in [5.41, 5.74) is 9.22. The van der Waals surface area contributed by atoms with Gasteiger partial charge in [-0.3, -0.25) is 0 Å². The lowest BCUT2D eigenvalue weighted by Crippen LogP contribution is -2.19. The van der Waals surface area contributed by atoms with Gasteiger partial charge in [-0.25, -0.2) is 4.79 Å². The number of carbonyl (C=O) groups is 1. The number of hydrogen-bond donors (Lipinski definition) is 0. The largest absolute Gasteiger partial charge is 0.466 e. The summed E-state index contributed by atoms with van der Waals surface area (Å²) in [6.45, 7) is -0.00229. The molecule has 2 aromatic rings. The molecule has 2 rings (SSSR count). The van der Waals surface area contributed by atoms with Crippen molar-refractivity contribution in [1.29, 1.82) is 0 Å². The highest BCUT2D eigenvalue weighted by Crippen LogP contribution is 2.05. The molecule has 0 saturated carbocycles. The van der Waals surface area contributed by atoms with E-state index in [0.29, 0.717) is 11.3 Å². The normalized spacial score (nSPS) is 9.56. The summed E-state index contributed by atoms with van der Waals surface area (Å²) in [7, 11) is 0. The van der Waals surface area contributed by atoms with Crippen molar-refractivity contribution in [2.24, 2.45) is 0 Å². The molecule has 0 amide bonds. The van der Waals surface area contributed by atoms with E-state index in [2.05, 4.69) is 4.79 Å². The molecule has 0 bridgehead atoms. The van der Waals surface area contributed by atoms with Crippen LogP contribution in [-0.4, -0.2) is 16.5 Å². The van der Waals surface area contributed by atoms with Gasteiger partial charge in [-0.15, -0.1) is 0 Å². The van der Waals surface area contributed by atoms with Crippen LogP contribution < -0.4 is 0 Å². The maximum absolute atomic E-state index is 11.7. The zero-order chi connectivity index (χ0) is 12.8. The third kappa shape index (κ3) is 2.72. The number of nitrogens with zero attached hydrogens (tertiary/aromatic N) is 2. The van der Waals surface area contributed by atoms with Gasteiger partial charge in [0.1, 0.15) is 12.4 Å². The first kappa shape index (κ1) is 11.8. The Hall–Kier alpha value is -2.65. The zero-order valence-electron chi connectivity index (χ0n) is 9.45. The highest BCUT2D eigenvalue weighted by Gasteiger charge is 2.24. The molecule has 0 aliphatic rings. The van der Waals surface area contributed by atoms with Crippen molar-refractivity contribution in [2.45, 2.75) is 6.61 Å². The molecule has 5 heteroatoms. The van der Waals surface area contributed by atoms with Gasteiger partial charge in [0.2, 0.25) is 0 Å². The Kier molecular flexibility index (Phi) is 3.69. The number of carbonyl (C=O) groups excluding carboxylic acids is 1. The van der Waals surface area contributed by atoms with Crippen LogP contribution in [0.3, 0.4) is 0 Å². The third-order valence-corrected chi connectivity index (χ3v) is 2.27. The van der Waals surface area contributed by atoms with Crippen LogP contribution in [0.1, 0.15) is 11.3 Å². The highest BCUT2D eigenvalue weighted by atomic mass is 16.5. The molecule has 5 nitrogen and oxygen atoms in total. The summed E-state index contributed by atoms with van der Waals surface area (Å²) in [6.07, 6.45) is 1.49. The average molecular weight is 242 g/mol. The summed E-state index contributed by atoms with van der Waals surface area (Å²) in [6, 6.07) is 12.0. The van der Waals surface area contributed by atoms with E-state index in [-0.39, 0.29) is 12.3 Å². The van der Waals surface area contributed by atoms with E-state index < -0.39 is 5.97 Å². The van der Waals surface area contributed by atoms with Crippen LogP contribution in [0.2, 0.25) is 0 Å². The van der Waals surface area contributed by atoms with E-state index in [4.69, 9.17) is 14.7 Å². The maximum atomic E-state index is 11.7. The first-order chi connectivity index (χ1) is 8.81. The van der Waals surface area contributed by atoms with Crippen molar-refractivity contribution < 1.29 is 18.7 Å². The van der Waals surface area contributed by atoms with Gasteiger partial charge in [0, 0.05) is 0 Å². The van der Waals surface area contributed by atoms with Gasteiger partial charge in [0.15, 0.2) is 0 Å². The minimum absolute atomic E-state index is 0.00229. The molecule has 0 saturated heterocycles. The number of rotatable bonds is 4. The molecule has 0 aliphatic carbocycles. The second-order valence-electron chi connectivity index (χ2n) is 3.47. The van der Waals surface area contributed by atoms with Crippen LogP contribution in [-0.2, 0) is 16.1 Å². The molecular weight excluding hydrogens is 232 g/mol. The molecule has 0 aliphatic heterocycles. The Morgan fingerprint density at radius 3 is 2.61 bits per heavy atom. The summed E-state index contributed by atoms with van der Waals surface area (Å²) in [5, 5.41) is 0. The first-order valence-electron chi connectivity index (χ1n) is 5.28.